The Balaban J connectivity index is 2.18. The van der Waals surface area contributed by atoms with E-state index in [2.05, 4.69) is 12.2 Å². The maximum atomic E-state index is 11.7. The SMILES string of the molecule is CCCC(N)CC(=O)NC1CCC(N)CC1. The van der Waals surface area contributed by atoms with Crippen molar-refractivity contribution in [3.8, 4) is 0 Å². The largest absolute Gasteiger partial charge is 0.353 e. The molecule has 1 fully saturated rings. The molecule has 0 aromatic heterocycles. The van der Waals surface area contributed by atoms with Crippen molar-refractivity contribution in [2.75, 3.05) is 0 Å². The molecule has 1 aliphatic rings. The fourth-order valence-electron chi connectivity index (χ4n) is 2.26. The van der Waals surface area contributed by atoms with Crippen molar-refractivity contribution in [3.05, 3.63) is 0 Å². The van der Waals surface area contributed by atoms with Crippen LogP contribution in [-0.4, -0.2) is 24.0 Å². The molecule has 0 aromatic rings. The molecule has 1 aliphatic carbocycles. The van der Waals surface area contributed by atoms with Gasteiger partial charge in [-0.05, 0) is 32.1 Å². The Morgan fingerprint density at radius 2 is 2.00 bits per heavy atom. The zero-order valence-electron chi connectivity index (χ0n) is 10.2. The lowest BCUT2D eigenvalue weighted by molar-refractivity contribution is -0.122. The van der Waals surface area contributed by atoms with Crippen LogP contribution in [0.5, 0.6) is 0 Å². The summed E-state index contributed by atoms with van der Waals surface area (Å²) in [5.41, 5.74) is 11.6. The average Bonchev–Trinajstić information content (AvgIpc) is 2.21. The van der Waals surface area contributed by atoms with Crippen molar-refractivity contribution < 1.29 is 4.79 Å². The standard InChI is InChI=1S/C12H25N3O/c1-2-3-10(14)8-12(16)15-11-6-4-9(13)5-7-11/h9-11H,2-8,13-14H2,1H3,(H,15,16). The lowest BCUT2D eigenvalue weighted by Crippen LogP contribution is -2.42. The number of carbonyl (C=O) groups is 1. The predicted octanol–water partition coefficient (Wildman–Crippen LogP) is 0.890. The van der Waals surface area contributed by atoms with Crippen molar-refractivity contribution >= 4 is 5.91 Å². The summed E-state index contributed by atoms with van der Waals surface area (Å²) < 4.78 is 0. The summed E-state index contributed by atoms with van der Waals surface area (Å²) in [5, 5.41) is 3.05. The van der Waals surface area contributed by atoms with Gasteiger partial charge in [0.1, 0.15) is 0 Å². The maximum absolute atomic E-state index is 11.7. The third-order valence-electron chi connectivity index (χ3n) is 3.24. The van der Waals surface area contributed by atoms with Crippen LogP contribution < -0.4 is 16.8 Å². The molecule has 1 amide bonds. The zero-order chi connectivity index (χ0) is 12.0. The Kier molecular flexibility index (Phi) is 5.77. The van der Waals surface area contributed by atoms with Gasteiger partial charge in [0.25, 0.3) is 0 Å². The first-order valence-electron chi connectivity index (χ1n) is 6.42. The second-order valence-electron chi connectivity index (χ2n) is 4.93. The number of rotatable bonds is 5. The molecule has 1 rings (SSSR count). The summed E-state index contributed by atoms with van der Waals surface area (Å²) in [6.45, 7) is 2.08. The van der Waals surface area contributed by atoms with E-state index >= 15 is 0 Å². The summed E-state index contributed by atoms with van der Waals surface area (Å²) in [7, 11) is 0. The van der Waals surface area contributed by atoms with E-state index in [9.17, 15) is 4.79 Å². The molecule has 1 atom stereocenters. The van der Waals surface area contributed by atoms with Crippen molar-refractivity contribution in [2.45, 2.75) is 70.0 Å². The number of nitrogens with two attached hydrogens (primary N) is 2. The van der Waals surface area contributed by atoms with Gasteiger partial charge >= 0.3 is 0 Å². The van der Waals surface area contributed by atoms with E-state index in [0.29, 0.717) is 18.5 Å². The fraction of sp³-hybridized carbons (Fsp3) is 0.917. The highest BCUT2D eigenvalue weighted by Gasteiger charge is 2.20. The molecule has 1 saturated carbocycles. The molecule has 1 unspecified atom stereocenters. The highest BCUT2D eigenvalue weighted by molar-refractivity contribution is 5.76. The molecule has 0 spiro atoms. The topological polar surface area (TPSA) is 81.1 Å². The number of hydrogen-bond donors (Lipinski definition) is 3. The lowest BCUT2D eigenvalue weighted by atomic mass is 9.91. The first-order valence-corrected chi connectivity index (χ1v) is 6.42. The van der Waals surface area contributed by atoms with Crippen LogP contribution in [-0.2, 0) is 4.79 Å². The quantitative estimate of drug-likeness (QED) is 0.652. The monoisotopic (exact) mass is 227 g/mol. The van der Waals surface area contributed by atoms with Gasteiger partial charge in [-0.1, -0.05) is 13.3 Å². The Hall–Kier alpha value is -0.610. The normalized spacial score (nSPS) is 27.4. The van der Waals surface area contributed by atoms with E-state index in [4.69, 9.17) is 11.5 Å². The summed E-state index contributed by atoms with van der Waals surface area (Å²) in [6, 6.07) is 0.660. The first kappa shape index (κ1) is 13.5. The van der Waals surface area contributed by atoms with Crippen molar-refractivity contribution in [1.82, 2.24) is 5.32 Å². The van der Waals surface area contributed by atoms with E-state index in [-0.39, 0.29) is 11.9 Å². The molecule has 94 valence electrons. The smallest absolute Gasteiger partial charge is 0.221 e. The van der Waals surface area contributed by atoms with Crippen LogP contribution >= 0.6 is 0 Å². The van der Waals surface area contributed by atoms with Gasteiger partial charge < -0.3 is 16.8 Å². The minimum Gasteiger partial charge on any atom is -0.353 e. The maximum Gasteiger partial charge on any atom is 0.221 e. The van der Waals surface area contributed by atoms with E-state index in [0.717, 1.165) is 38.5 Å². The summed E-state index contributed by atoms with van der Waals surface area (Å²) in [6.07, 6.45) is 6.47. The molecule has 0 saturated heterocycles. The number of nitrogens with one attached hydrogen (secondary N) is 1. The second kappa shape index (κ2) is 6.86. The van der Waals surface area contributed by atoms with Crippen LogP contribution in [0.25, 0.3) is 0 Å². The summed E-state index contributed by atoms with van der Waals surface area (Å²) >= 11 is 0. The summed E-state index contributed by atoms with van der Waals surface area (Å²) in [4.78, 5) is 11.7. The predicted molar refractivity (Wildman–Crippen MR) is 65.9 cm³/mol. The molecule has 16 heavy (non-hydrogen) atoms. The van der Waals surface area contributed by atoms with Gasteiger partial charge in [-0.3, -0.25) is 4.79 Å². The van der Waals surface area contributed by atoms with Gasteiger partial charge in [0, 0.05) is 24.5 Å². The number of carbonyl (C=O) groups excluding carboxylic acids is 1. The van der Waals surface area contributed by atoms with Crippen molar-refractivity contribution in [1.29, 1.82) is 0 Å². The van der Waals surface area contributed by atoms with E-state index in [1.54, 1.807) is 0 Å². The third-order valence-corrected chi connectivity index (χ3v) is 3.24. The van der Waals surface area contributed by atoms with Crippen molar-refractivity contribution in [2.24, 2.45) is 11.5 Å². The lowest BCUT2D eigenvalue weighted by Gasteiger charge is -2.27. The summed E-state index contributed by atoms with van der Waals surface area (Å²) in [5.74, 6) is 0.0985. The van der Waals surface area contributed by atoms with Gasteiger partial charge in [-0.25, -0.2) is 0 Å². The Labute approximate surface area is 98.1 Å². The second-order valence-corrected chi connectivity index (χ2v) is 4.93. The molecule has 0 bridgehead atoms. The minimum atomic E-state index is 0.0100. The van der Waals surface area contributed by atoms with Gasteiger partial charge in [0.2, 0.25) is 5.91 Å². The number of amides is 1. The molecule has 5 N–H and O–H groups in total. The molecule has 0 aromatic carbocycles. The molecule has 0 aliphatic heterocycles. The highest BCUT2D eigenvalue weighted by Crippen LogP contribution is 2.17. The number of hydrogen-bond acceptors (Lipinski definition) is 3. The van der Waals surface area contributed by atoms with E-state index in [1.807, 2.05) is 0 Å². The van der Waals surface area contributed by atoms with Crippen LogP contribution in [0.15, 0.2) is 0 Å². The van der Waals surface area contributed by atoms with E-state index in [1.165, 1.54) is 0 Å². The van der Waals surface area contributed by atoms with Crippen LogP contribution in [0.1, 0.15) is 51.9 Å². The van der Waals surface area contributed by atoms with Crippen molar-refractivity contribution in [3.63, 3.8) is 0 Å². The molecular weight excluding hydrogens is 202 g/mol. The molecule has 4 nitrogen and oxygen atoms in total. The van der Waals surface area contributed by atoms with Crippen LogP contribution in [0.3, 0.4) is 0 Å². The highest BCUT2D eigenvalue weighted by atomic mass is 16.1. The van der Waals surface area contributed by atoms with Gasteiger partial charge in [-0.2, -0.15) is 0 Å². The molecular formula is C12H25N3O. The van der Waals surface area contributed by atoms with Crippen LogP contribution in [0.4, 0.5) is 0 Å². The Morgan fingerprint density at radius 1 is 1.38 bits per heavy atom. The molecule has 0 radical (unpaired) electrons. The van der Waals surface area contributed by atoms with E-state index < -0.39 is 0 Å². The zero-order valence-corrected chi connectivity index (χ0v) is 10.2. The fourth-order valence-corrected chi connectivity index (χ4v) is 2.26. The van der Waals surface area contributed by atoms with Gasteiger partial charge in [0.05, 0.1) is 0 Å². The Morgan fingerprint density at radius 3 is 2.56 bits per heavy atom. The van der Waals surface area contributed by atoms with Crippen LogP contribution in [0.2, 0.25) is 0 Å². The average molecular weight is 227 g/mol. The molecule has 0 heterocycles. The Bertz CT molecular complexity index is 212. The molecule has 4 heteroatoms. The van der Waals surface area contributed by atoms with Gasteiger partial charge in [0.15, 0.2) is 0 Å². The van der Waals surface area contributed by atoms with Crippen LogP contribution in [0, 0.1) is 0 Å². The first-order chi connectivity index (χ1) is 7.61. The minimum absolute atomic E-state index is 0.0100. The van der Waals surface area contributed by atoms with Gasteiger partial charge in [-0.15, -0.1) is 0 Å². The third kappa shape index (κ3) is 4.94.